The highest BCUT2D eigenvalue weighted by Gasteiger charge is 2.50. The van der Waals surface area contributed by atoms with Crippen molar-refractivity contribution in [1.82, 2.24) is 5.32 Å². The molecule has 10 heteroatoms. The van der Waals surface area contributed by atoms with E-state index in [0.29, 0.717) is 37.7 Å². The molecule has 0 radical (unpaired) electrons. The summed E-state index contributed by atoms with van der Waals surface area (Å²) >= 11 is 0. The molecule has 1 aliphatic rings. The van der Waals surface area contributed by atoms with Crippen LogP contribution in [0.4, 0.5) is 4.79 Å². The van der Waals surface area contributed by atoms with Crippen molar-refractivity contribution >= 4 is 6.09 Å². The first-order valence-corrected chi connectivity index (χ1v) is 22.8. The van der Waals surface area contributed by atoms with E-state index in [9.17, 15) is 4.79 Å². The molecule has 1 N–H and O–H groups in total. The van der Waals surface area contributed by atoms with Gasteiger partial charge in [-0.25, -0.2) is 4.79 Å². The molecule has 0 aromatic heterocycles. The summed E-state index contributed by atoms with van der Waals surface area (Å²) in [6.45, 7) is 2.26. The predicted octanol–water partition coefficient (Wildman–Crippen LogP) is 10.8. The lowest BCUT2D eigenvalue weighted by atomic mass is 9.97. The predicted molar refractivity (Wildman–Crippen MR) is 256 cm³/mol. The fraction of sp³-hybridized carbons (Fsp3) is 0.246. The second kappa shape index (κ2) is 25.2. The molecule has 0 aliphatic carbocycles. The van der Waals surface area contributed by atoms with E-state index in [1.165, 1.54) is 0 Å². The Morgan fingerprint density at radius 1 is 0.433 bits per heavy atom. The Morgan fingerprint density at radius 3 is 1.34 bits per heavy atom. The highest BCUT2D eigenvalue weighted by molar-refractivity contribution is 5.67. The van der Waals surface area contributed by atoms with Gasteiger partial charge in [-0.2, -0.15) is 0 Å². The lowest BCUT2D eigenvalue weighted by Gasteiger charge is -2.45. The van der Waals surface area contributed by atoms with Crippen LogP contribution in [0.5, 0.6) is 11.5 Å². The molecule has 1 amide bonds. The summed E-state index contributed by atoms with van der Waals surface area (Å²) in [7, 11) is 0. The molecule has 7 aromatic rings. The monoisotopic (exact) mass is 899 g/mol. The van der Waals surface area contributed by atoms with E-state index in [0.717, 1.165) is 38.9 Å². The van der Waals surface area contributed by atoms with Gasteiger partial charge in [0.1, 0.15) is 37.6 Å². The molecule has 10 nitrogen and oxygen atoms in total. The third-order valence-electron chi connectivity index (χ3n) is 11.2. The summed E-state index contributed by atoms with van der Waals surface area (Å²) in [5, 5.41) is 2.95. The zero-order valence-electron chi connectivity index (χ0n) is 37.5. The van der Waals surface area contributed by atoms with Gasteiger partial charge < -0.3 is 43.2 Å². The van der Waals surface area contributed by atoms with Crippen LogP contribution in [0, 0.1) is 0 Å². The van der Waals surface area contributed by atoms with Gasteiger partial charge in [0, 0.05) is 6.54 Å². The van der Waals surface area contributed by atoms with Gasteiger partial charge in [0.05, 0.1) is 33.0 Å². The molecule has 0 unspecified atom stereocenters. The molecule has 1 heterocycles. The summed E-state index contributed by atoms with van der Waals surface area (Å²) in [6.07, 6.45) is -4.40. The summed E-state index contributed by atoms with van der Waals surface area (Å²) < 4.78 is 52.0. The smallest absolute Gasteiger partial charge is 0.409 e. The maximum atomic E-state index is 13.9. The van der Waals surface area contributed by atoms with Crippen molar-refractivity contribution in [3.05, 3.63) is 239 Å². The second-order valence-electron chi connectivity index (χ2n) is 16.2. The molecular formula is C57H57NO9. The third-order valence-corrected chi connectivity index (χ3v) is 11.2. The zero-order chi connectivity index (χ0) is 45.7. The Morgan fingerprint density at radius 2 is 0.851 bits per heavy atom. The lowest BCUT2D eigenvalue weighted by molar-refractivity contribution is -0.315. The number of rotatable bonds is 23. The molecule has 67 heavy (non-hydrogen) atoms. The Hall–Kier alpha value is -6.79. The van der Waals surface area contributed by atoms with Crippen LogP contribution < -0.4 is 14.8 Å². The van der Waals surface area contributed by atoms with E-state index in [2.05, 4.69) is 5.32 Å². The summed E-state index contributed by atoms with van der Waals surface area (Å²) in [5.74, 6) is 1.24. The van der Waals surface area contributed by atoms with Crippen molar-refractivity contribution in [1.29, 1.82) is 0 Å². The fourth-order valence-corrected chi connectivity index (χ4v) is 7.71. The van der Waals surface area contributed by atoms with Gasteiger partial charge >= 0.3 is 6.09 Å². The molecule has 8 rings (SSSR count). The van der Waals surface area contributed by atoms with Crippen LogP contribution in [-0.4, -0.2) is 50.0 Å². The van der Waals surface area contributed by atoms with E-state index < -0.39 is 36.8 Å². The number of nitrogens with one attached hydrogen (secondary N) is 1. The first kappa shape index (κ1) is 46.7. The fourth-order valence-electron chi connectivity index (χ4n) is 7.71. The van der Waals surface area contributed by atoms with E-state index >= 15 is 0 Å². The van der Waals surface area contributed by atoms with Gasteiger partial charge in [-0.3, -0.25) is 0 Å². The molecule has 0 spiro atoms. The van der Waals surface area contributed by atoms with E-state index in [1.54, 1.807) is 0 Å². The Bertz CT molecular complexity index is 2480. The van der Waals surface area contributed by atoms with Gasteiger partial charge in [0.2, 0.25) is 6.29 Å². The van der Waals surface area contributed by atoms with Crippen LogP contribution in [0.1, 0.15) is 38.9 Å². The van der Waals surface area contributed by atoms with Crippen molar-refractivity contribution in [2.45, 2.75) is 76.8 Å². The number of carbonyl (C=O) groups is 1. The van der Waals surface area contributed by atoms with E-state index in [1.807, 2.05) is 200 Å². The zero-order valence-corrected chi connectivity index (χ0v) is 37.5. The highest BCUT2D eigenvalue weighted by Crippen LogP contribution is 2.33. The maximum Gasteiger partial charge on any atom is 0.409 e. The summed E-state index contributed by atoms with van der Waals surface area (Å²) in [6, 6.07) is 65.5. The van der Waals surface area contributed by atoms with E-state index in [4.69, 9.17) is 37.9 Å². The van der Waals surface area contributed by atoms with Crippen LogP contribution in [0.25, 0.3) is 0 Å². The Labute approximate surface area is 393 Å². The largest absolute Gasteiger partial charge is 0.485 e. The average Bonchev–Trinajstić information content (AvgIpc) is 3.38. The van der Waals surface area contributed by atoms with Crippen LogP contribution in [0.15, 0.2) is 200 Å². The minimum Gasteiger partial charge on any atom is -0.485 e. The molecule has 0 bridgehead atoms. The van der Waals surface area contributed by atoms with Gasteiger partial charge in [-0.1, -0.05) is 188 Å². The molecule has 7 aromatic carbocycles. The molecule has 5 atom stereocenters. The number of amides is 1. The van der Waals surface area contributed by atoms with Crippen LogP contribution in [0.2, 0.25) is 0 Å². The number of ether oxygens (including phenoxy) is 8. The number of hydrogen-bond donors (Lipinski definition) is 1. The second-order valence-corrected chi connectivity index (χ2v) is 16.2. The average molecular weight is 900 g/mol. The van der Waals surface area contributed by atoms with Gasteiger partial charge in [0.25, 0.3) is 0 Å². The number of hydrogen-bond acceptors (Lipinski definition) is 9. The van der Waals surface area contributed by atoms with Crippen molar-refractivity contribution < 1.29 is 42.7 Å². The van der Waals surface area contributed by atoms with Gasteiger partial charge in [-0.05, 0) is 57.5 Å². The Balaban J connectivity index is 1.00. The quantitative estimate of drug-likeness (QED) is 0.0672. The molecule has 344 valence electrons. The molecular weight excluding hydrogens is 843 g/mol. The number of benzene rings is 7. The molecule has 1 aliphatic heterocycles. The molecule has 0 saturated carbocycles. The Kier molecular flexibility index (Phi) is 17.6. The minimum atomic E-state index is -1.19. The first-order chi connectivity index (χ1) is 33.1. The van der Waals surface area contributed by atoms with Crippen molar-refractivity contribution in [2.75, 3.05) is 13.2 Å². The molecule has 1 saturated heterocycles. The maximum absolute atomic E-state index is 13.9. The number of alkyl carbamates (subject to hydrolysis) is 1. The van der Waals surface area contributed by atoms with Crippen LogP contribution >= 0.6 is 0 Å². The van der Waals surface area contributed by atoms with Crippen LogP contribution in [0.3, 0.4) is 0 Å². The summed E-state index contributed by atoms with van der Waals surface area (Å²) in [5.41, 5.74) is 6.92. The number of carbonyl (C=O) groups excluding carboxylic acids is 1. The minimum absolute atomic E-state index is 0.131. The third kappa shape index (κ3) is 14.6. The highest BCUT2D eigenvalue weighted by atomic mass is 16.7. The lowest BCUT2D eigenvalue weighted by Crippen LogP contribution is -2.62. The van der Waals surface area contributed by atoms with Crippen molar-refractivity contribution in [2.24, 2.45) is 0 Å². The first-order valence-electron chi connectivity index (χ1n) is 22.8. The van der Waals surface area contributed by atoms with Crippen LogP contribution in [-0.2, 0) is 74.5 Å². The molecule has 1 fully saturated rings. The van der Waals surface area contributed by atoms with Crippen molar-refractivity contribution in [3.8, 4) is 11.5 Å². The van der Waals surface area contributed by atoms with Gasteiger partial charge in [0.15, 0.2) is 11.5 Å². The normalized spacial score (nSPS) is 17.9. The van der Waals surface area contributed by atoms with Crippen molar-refractivity contribution in [3.63, 3.8) is 0 Å². The summed E-state index contributed by atoms with van der Waals surface area (Å²) in [4.78, 5) is 13.9. The standard InChI is InChI=1S/C57H57NO9/c59-57(58-34-33-43-31-32-50(61-37-45-21-9-2-10-22-45)51(35-43)62-38-46-23-11-3-12-24-46)67-56-55(65-41-49-29-17-6-18-30-49)54(64-40-48-27-15-5-16-28-48)53(63-39-47-25-13-4-14-26-47)52(66-56)42-60-36-44-19-7-1-8-20-44/h1-32,35,52-56H,33-34,36-42H2,(H,58,59)/t52-,53-,54+,55-,56+/m1/s1. The SMILES string of the molecule is O=C(NCCc1ccc(OCc2ccccc2)c(OCc2ccccc2)c1)O[C@@H]1O[C@H](COCc2ccccc2)[C@@H](OCc2ccccc2)[C@H](OCc2ccccc2)[C@H]1OCc1ccccc1. The van der Waals surface area contributed by atoms with E-state index in [-0.39, 0.29) is 33.0 Å². The van der Waals surface area contributed by atoms with Gasteiger partial charge in [-0.15, -0.1) is 0 Å². The topological polar surface area (TPSA) is 103 Å².